The fourth-order valence-corrected chi connectivity index (χ4v) is 3.88. The van der Waals surface area contributed by atoms with Crippen molar-refractivity contribution in [3.8, 4) is 0 Å². The monoisotopic (exact) mass is 371 g/mol. The lowest BCUT2D eigenvalue weighted by Gasteiger charge is -2.31. The molecule has 1 atom stereocenters. The molecule has 5 nitrogen and oxygen atoms in total. The van der Waals surface area contributed by atoms with E-state index in [1.165, 1.54) is 0 Å². The van der Waals surface area contributed by atoms with Crippen molar-refractivity contribution in [2.24, 2.45) is 0 Å². The summed E-state index contributed by atoms with van der Waals surface area (Å²) in [6, 6.07) is 1.41. The van der Waals surface area contributed by atoms with Crippen LogP contribution in [0.15, 0.2) is 21.5 Å². The molecule has 1 N–H and O–H groups in total. The number of ether oxygens (including phenoxy) is 1. The zero-order valence-electron chi connectivity index (χ0n) is 10.2. The Morgan fingerprint density at radius 1 is 1.40 bits per heavy atom. The first kappa shape index (κ1) is 15.8. The minimum Gasteiger partial charge on any atom is -0.394 e. The smallest absolute Gasteiger partial charge is 0.246 e. The first-order valence-corrected chi connectivity index (χ1v) is 7.96. The first-order chi connectivity index (χ1) is 9.36. The maximum absolute atomic E-state index is 13.7. The molecule has 1 saturated heterocycles. The zero-order chi connectivity index (χ0) is 14.9. The minimum absolute atomic E-state index is 0.0489. The molecule has 9 heteroatoms. The summed E-state index contributed by atoms with van der Waals surface area (Å²) in [7, 11) is -4.10. The Morgan fingerprint density at radius 2 is 2.10 bits per heavy atom. The standard InChI is InChI=1S/C11H12BrF2NO4S/c12-8-3-11(10(14)4-9(8)13)20(17,18)15-1-2-19-7(5-15)6-16/h3-4,7,16H,1-2,5-6H2. The van der Waals surface area contributed by atoms with Crippen LogP contribution in [0.25, 0.3) is 0 Å². The summed E-state index contributed by atoms with van der Waals surface area (Å²) >= 11 is 2.83. The number of aliphatic hydroxyl groups is 1. The number of benzene rings is 1. The van der Waals surface area contributed by atoms with Crippen LogP contribution in [-0.4, -0.2) is 50.2 Å². The molecule has 1 aromatic rings. The molecule has 1 unspecified atom stereocenters. The van der Waals surface area contributed by atoms with Crippen molar-refractivity contribution in [1.82, 2.24) is 4.31 Å². The van der Waals surface area contributed by atoms with E-state index in [1.54, 1.807) is 0 Å². The third-order valence-corrected chi connectivity index (χ3v) is 5.39. The van der Waals surface area contributed by atoms with Crippen LogP contribution in [-0.2, 0) is 14.8 Å². The average molecular weight is 372 g/mol. The second-order valence-electron chi connectivity index (χ2n) is 4.24. The lowest BCUT2D eigenvalue weighted by molar-refractivity contribution is -0.0305. The van der Waals surface area contributed by atoms with Crippen molar-refractivity contribution in [3.05, 3.63) is 28.2 Å². The lowest BCUT2D eigenvalue weighted by Crippen LogP contribution is -2.46. The average Bonchev–Trinajstić information content (AvgIpc) is 2.42. The minimum atomic E-state index is -4.10. The van der Waals surface area contributed by atoms with Crippen LogP contribution in [0.5, 0.6) is 0 Å². The van der Waals surface area contributed by atoms with E-state index in [0.717, 1.165) is 10.4 Å². The van der Waals surface area contributed by atoms with E-state index in [0.29, 0.717) is 6.07 Å². The molecule has 0 aliphatic carbocycles. The van der Waals surface area contributed by atoms with Crippen molar-refractivity contribution in [2.75, 3.05) is 26.3 Å². The molecular weight excluding hydrogens is 360 g/mol. The van der Waals surface area contributed by atoms with E-state index >= 15 is 0 Å². The van der Waals surface area contributed by atoms with E-state index in [-0.39, 0.29) is 30.8 Å². The van der Waals surface area contributed by atoms with Crippen molar-refractivity contribution in [3.63, 3.8) is 0 Å². The molecule has 2 rings (SSSR count). The predicted molar refractivity (Wildman–Crippen MR) is 69.6 cm³/mol. The van der Waals surface area contributed by atoms with E-state index < -0.39 is 32.7 Å². The summed E-state index contributed by atoms with van der Waals surface area (Å²) in [5.74, 6) is -2.03. The van der Waals surface area contributed by atoms with E-state index in [4.69, 9.17) is 9.84 Å². The highest BCUT2D eigenvalue weighted by atomic mass is 79.9. The predicted octanol–water partition coefficient (Wildman–Crippen LogP) is 1.11. The molecule has 20 heavy (non-hydrogen) atoms. The Labute approximate surface area is 123 Å². The highest BCUT2D eigenvalue weighted by Gasteiger charge is 2.33. The Bertz CT molecular complexity index is 611. The maximum Gasteiger partial charge on any atom is 0.246 e. The number of morpholine rings is 1. The molecule has 0 spiro atoms. The summed E-state index contributed by atoms with van der Waals surface area (Å²) in [5, 5.41) is 9.00. The van der Waals surface area contributed by atoms with Crippen molar-refractivity contribution in [2.45, 2.75) is 11.0 Å². The number of halogens is 3. The summed E-state index contributed by atoms with van der Waals surface area (Å²) in [4.78, 5) is -0.607. The molecule has 112 valence electrons. The SMILES string of the molecule is O=S(=O)(c1cc(Br)c(F)cc1F)N1CCOC(CO)C1. The van der Waals surface area contributed by atoms with Gasteiger partial charge in [-0.25, -0.2) is 17.2 Å². The van der Waals surface area contributed by atoms with Gasteiger partial charge in [0.2, 0.25) is 10.0 Å². The molecule has 0 aromatic heterocycles. The highest BCUT2D eigenvalue weighted by molar-refractivity contribution is 9.10. The fraction of sp³-hybridized carbons (Fsp3) is 0.455. The van der Waals surface area contributed by atoms with Gasteiger partial charge in [0.1, 0.15) is 16.5 Å². The highest BCUT2D eigenvalue weighted by Crippen LogP contribution is 2.26. The molecule has 1 aromatic carbocycles. The van der Waals surface area contributed by atoms with Gasteiger partial charge in [0.05, 0.1) is 23.8 Å². The van der Waals surface area contributed by atoms with Gasteiger partial charge in [-0.05, 0) is 22.0 Å². The fourth-order valence-electron chi connectivity index (χ4n) is 1.86. The van der Waals surface area contributed by atoms with Crippen LogP contribution >= 0.6 is 15.9 Å². The van der Waals surface area contributed by atoms with Gasteiger partial charge < -0.3 is 9.84 Å². The Kier molecular flexibility index (Phi) is 4.75. The first-order valence-electron chi connectivity index (χ1n) is 5.73. The van der Waals surface area contributed by atoms with Gasteiger partial charge in [-0.2, -0.15) is 4.31 Å². The molecule has 1 aliphatic heterocycles. The second-order valence-corrected chi connectivity index (χ2v) is 7.00. The molecule has 0 saturated carbocycles. The van der Waals surface area contributed by atoms with Crippen LogP contribution in [0.3, 0.4) is 0 Å². The van der Waals surface area contributed by atoms with Crippen molar-refractivity contribution < 1.29 is 27.0 Å². The Balaban J connectivity index is 2.37. The molecule has 1 aliphatic rings. The molecule has 0 amide bonds. The van der Waals surface area contributed by atoms with Gasteiger partial charge in [0, 0.05) is 19.2 Å². The van der Waals surface area contributed by atoms with Crippen molar-refractivity contribution >= 4 is 26.0 Å². The number of rotatable bonds is 3. The molecule has 1 fully saturated rings. The van der Waals surface area contributed by atoms with E-state index in [9.17, 15) is 17.2 Å². The molecule has 1 heterocycles. The van der Waals surface area contributed by atoms with Crippen LogP contribution < -0.4 is 0 Å². The molecular formula is C11H12BrF2NO4S. The quantitative estimate of drug-likeness (QED) is 0.808. The van der Waals surface area contributed by atoms with Gasteiger partial charge in [0.15, 0.2) is 0 Å². The Hall–Kier alpha value is -0.610. The van der Waals surface area contributed by atoms with Gasteiger partial charge in [-0.15, -0.1) is 0 Å². The van der Waals surface area contributed by atoms with Gasteiger partial charge in [-0.1, -0.05) is 0 Å². The summed E-state index contributed by atoms with van der Waals surface area (Å²) in [6.45, 7) is -0.253. The normalized spacial score (nSPS) is 21.1. The zero-order valence-corrected chi connectivity index (χ0v) is 12.6. The van der Waals surface area contributed by atoms with Crippen molar-refractivity contribution in [1.29, 1.82) is 0 Å². The van der Waals surface area contributed by atoms with E-state index in [2.05, 4.69) is 15.9 Å². The number of hydrogen-bond acceptors (Lipinski definition) is 4. The topological polar surface area (TPSA) is 66.8 Å². The van der Waals surface area contributed by atoms with Crippen LogP contribution in [0.4, 0.5) is 8.78 Å². The van der Waals surface area contributed by atoms with Gasteiger partial charge in [0.25, 0.3) is 0 Å². The largest absolute Gasteiger partial charge is 0.394 e. The van der Waals surface area contributed by atoms with Crippen LogP contribution in [0.2, 0.25) is 0 Å². The number of nitrogens with zero attached hydrogens (tertiary/aromatic N) is 1. The number of aliphatic hydroxyl groups excluding tert-OH is 1. The van der Waals surface area contributed by atoms with E-state index in [1.807, 2.05) is 0 Å². The third kappa shape index (κ3) is 3.01. The third-order valence-electron chi connectivity index (χ3n) is 2.90. The molecule has 0 radical (unpaired) electrons. The van der Waals surface area contributed by atoms with Crippen LogP contribution in [0.1, 0.15) is 0 Å². The lowest BCUT2D eigenvalue weighted by atomic mass is 10.3. The summed E-state index contributed by atoms with van der Waals surface area (Å²) in [5.41, 5.74) is 0. The van der Waals surface area contributed by atoms with Gasteiger partial charge in [-0.3, -0.25) is 0 Å². The number of sulfonamides is 1. The second kappa shape index (κ2) is 6.02. The number of hydrogen-bond donors (Lipinski definition) is 1. The van der Waals surface area contributed by atoms with Gasteiger partial charge >= 0.3 is 0 Å². The maximum atomic E-state index is 13.7. The molecule has 0 bridgehead atoms. The summed E-state index contributed by atoms with van der Waals surface area (Å²) in [6.07, 6.45) is -0.648. The Morgan fingerprint density at radius 3 is 2.75 bits per heavy atom. The summed E-state index contributed by atoms with van der Waals surface area (Å²) < 4.78 is 57.6. The van der Waals surface area contributed by atoms with Crippen LogP contribution in [0, 0.1) is 11.6 Å².